The Morgan fingerprint density at radius 1 is 1.14 bits per heavy atom. The molecule has 0 atom stereocenters. The van der Waals surface area contributed by atoms with Gasteiger partial charge in [-0.1, -0.05) is 0 Å². The summed E-state index contributed by atoms with van der Waals surface area (Å²) in [6.45, 7) is 7.12. The van der Waals surface area contributed by atoms with Gasteiger partial charge < -0.3 is 20.1 Å². The van der Waals surface area contributed by atoms with Crippen molar-refractivity contribution in [1.82, 2.24) is 14.9 Å². The molecule has 2 aromatic rings. The van der Waals surface area contributed by atoms with E-state index >= 15 is 0 Å². The number of nitrogens with one attached hydrogen (secondary N) is 2. The Balaban J connectivity index is 1.47. The third kappa shape index (κ3) is 6.23. The van der Waals surface area contributed by atoms with Crippen molar-refractivity contribution in [1.29, 1.82) is 0 Å². The van der Waals surface area contributed by atoms with Gasteiger partial charge in [0, 0.05) is 31.9 Å². The van der Waals surface area contributed by atoms with Gasteiger partial charge in [0.15, 0.2) is 0 Å². The summed E-state index contributed by atoms with van der Waals surface area (Å²) in [5.41, 5.74) is 1.19. The summed E-state index contributed by atoms with van der Waals surface area (Å²) in [4.78, 5) is 34.7. The first-order valence-corrected chi connectivity index (χ1v) is 9.60. The van der Waals surface area contributed by atoms with Gasteiger partial charge in [0.25, 0.3) is 5.91 Å². The van der Waals surface area contributed by atoms with Crippen molar-refractivity contribution >= 4 is 23.4 Å². The fourth-order valence-corrected chi connectivity index (χ4v) is 2.80. The number of hydrogen-bond donors (Lipinski definition) is 2. The van der Waals surface area contributed by atoms with Gasteiger partial charge in [-0.2, -0.15) is 0 Å². The first kappa shape index (κ1) is 20.7. The number of amides is 1. The Kier molecular flexibility index (Phi) is 7.48. The number of anilines is 2. The highest BCUT2D eigenvalue weighted by atomic mass is 16.5. The minimum absolute atomic E-state index is 0.207. The van der Waals surface area contributed by atoms with Crippen molar-refractivity contribution in [2.24, 2.45) is 0 Å². The van der Waals surface area contributed by atoms with Crippen LogP contribution in [0.1, 0.15) is 27.8 Å². The van der Waals surface area contributed by atoms with Crippen LogP contribution < -0.4 is 10.6 Å². The summed E-state index contributed by atoms with van der Waals surface area (Å²) in [5, 5.41) is 5.93. The molecular formula is C20H25N5O4. The SMILES string of the molecule is CCOC(=O)c1ccc(NC(=O)c2cnc(NCCN3CCOCC3)cn2)cc1. The van der Waals surface area contributed by atoms with Gasteiger partial charge >= 0.3 is 5.97 Å². The summed E-state index contributed by atoms with van der Waals surface area (Å²) >= 11 is 0. The summed E-state index contributed by atoms with van der Waals surface area (Å²) in [7, 11) is 0. The average molecular weight is 399 g/mol. The smallest absolute Gasteiger partial charge is 0.338 e. The zero-order valence-corrected chi connectivity index (χ0v) is 16.4. The zero-order valence-electron chi connectivity index (χ0n) is 16.4. The Morgan fingerprint density at radius 2 is 1.90 bits per heavy atom. The Bertz CT molecular complexity index is 805. The molecule has 154 valence electrons. The first-order valence-electron chi connectivity index (χ1n) is 9.60. The number of hydrogen-bond acceptors (Lipinski definition) is 8. The van der Waals surface area contributed by atoms with Crippen LogP contribution in [0.2, 0.25) is 0 Å². The molecule has 9 heteroatoms. The van der Waals surface area contributed by atoms with Crippen molar-refractivity contribution in [2.45, 2.75) is 6.92 Å². The lowest BCUT2D eigenvalue weighted by Gasteiger charge is -2.26. The molecule has 1 aromatic heterocycles. The van der Waals surface area contributed by atoms with E-state index < -0.39 is 5.97 Å². The van der Waals surface area contributed by atoms with E-state index in [9.17, 15) is 9.59 Å². The number of morpholine rings is 1. The highest BCUT2D eigenvalue weighted by molar-refractivity contribution is 6.03. The second-order valence-corrected chi connectivity index (χ2v) is 6.42. The fraction of sp³-hybridized carbons (Fsp3) is 0.400. The molecule has 9 nitrogen and oxygen atoms in total. The number of aromatic nitrogens is 2. The number of carbonyl (C=O) groups is 2. The number of esters is 1. The van der Waals surface area contributed by atoms with Crippen LogP contribution in [0, 0.1) is 0 Å². The third-order valence-electron chi connectivity index (χ3n) is 4.38. The molecule has 0 radical (unpaired) electrons. The van der Waals surface area contributed by atoms with Crippen molar-refractivity contribution in [2.75, 3.05) is 56.6 Å². The topological polar surface area (TPSA) is 106 Å². The molecule has 0 bridgehead atoms. The third-order valence-corrected chi connectivity index (χ3v) is 4.38. The van der Waals surface area contributed by atoms with Gasteiger partial charge in [0.2, 0.25) is 0 Å². The van der Waals surface area contributed by atoms with Crippen molar-refractivity contribution in [3.05, 3.63) is 47.9 Å². The van der Waals surface area contributed by atoms with E-state index in [4.69, 9.17) is 9.47 Å². The minimum Gasteiger partial charge on any atom is -0.462 e. The van der Waals surface area contributed by atoms with E-state index in [1.54, 1.807) is 31.2 Å². The molecule has 1 saturated heterocycles. The van der Waals surface area contributed by atoms with Crippen LogP contribution in [-0.2, 0) is 9.47 Å². The molecule has 1 aliphatic rings. The molecule has 2 heterocycles. The van der Waals surface area contributed by atoms with Crippen molar-refractivity contribution in [3.63, 3.8) is 0 Å². The molecule has 0 aliphatic carbocycles. The predicted octanol–water partition coefficient (Wildman–Crippen LogP) is 1.65. The molecule has 1 amide bonds. The van der Waals surface area contributed by atoms with Gasteiger partial charge in [-0.05, 0) is 31.2 Å². The molecule has 0 unspecified atom stereocenters. The molecule has 0 spiro atoms. The van der Waals surface area contributed by atoms with Crippen LogP contribution in [0.25, 0.3) is 0 Å². The fourth-order valence-electron chi connectivity index (χ4n) is 2.80. The van der Waals surface area contributed by atoms with E-state index in [-0.39, 0.29) is 11.6 Å². The first-order chi connectivity index (χ1) is 14.2. The largest absolute Gasteiger partial charge is 0.462 e. The summed E-state index contributed by atoms with van der Waals surface area (Å²) in [5.74, 6) is -0.150. The zero-order chi connectivity index (χ0) is 20.5. The van der Waals surface area contributed by atoms with E-state index in [0.717, 1.165) is 39.4 Å². The number of ether oxygens (including phenoxy) is 2. The lowest BCUT2D eigenvalue weighted by Crippen LogP contribution is -2.39. The van der Waals surface area contributed by atoms with Crippen LogP contribution in [0.15, 0.2) is 36.7 Å². The highest BCUT2D eigenvalue weighted by Gasteiger charge is 2.11. The van der Waals surface area contributed by atoms with E-state index in [1.165, 1.54) is 12.4 Å². The molecule has 2 N–H and O–H groups in total. The summed E-state index contributed by atoms with van der Waals surface area (Å²) in [6.07, 6.45) is 2.97. The van der Waals surface area contributed by atoms with E-state index in [1.807, 2.05) is 0 Å². The maximum atomic E-state index is 12.3. The maximum absolute atomic E-state index is 12.3. The van der Waals surface area contributed by atoms with Gasteiger partial charge in [0.1, 0.15) is 11.5 Å². The number of carbonyl (C=O) groups excluding carboxylic acids is 2. The van der Waals surface area contributed by atoms with Crippen molar-refractivity contribution in [3.8, 4) is 0 Å². The van der Waals surface area contributed by atoms with Gasteiger partial charge in [0.05, 0.1) is 37.8 Å². The van der Waals surface area contributed by atoms with E-state index in [0.29, 0.717) is 23.7 Å². The molecule has 1 aromatic carbocycles. The molecule has 3 rings (SSSR count). The Hall–Kier alpha value is -3.04. The average Bonchev–Trinajstić information content (AvgIpc) is 2.75. The van der Waals surface area contributed by atoms with Gasteiger partial charge in [-0.3, -0.25) is 9.69 Å². The molecule has 1 fully saturated rings. The van der Waals surface area contributed by atoms with Gasteiger partial charge in [-0.15, -0.1) is 0 Å². The summed E-state index contributed by atoms with van der Waals surface area (Å²) < 4.78 is 10.3. The second-order valence-electron chi connectivity index (χ2n) is 6.42. The Morgan fingerprint density at radius 3 is 2.55 bits per heavy atom. The lowest BCUT2D eigenvalue weighted by molar-refractivity contribution is 0.0398. The van der Waals surface area contributed by atoms with Crippen LogP contribution in [0.3, 0.4) is 0 Å². The van der Waals surface area contributed by atoms with Crippen LogP contribution in [-0.4, -0.2) is 72.7 Å². The van der Waals surface area contributed by atoms with Crippen LogP contribution in [0.4, 0.5) is 11.5 Å². The second kappa shape index (κ2) is 10.5. The Labute approximate surface area is 169 Å². The molecule has 0 saturated carbocycles. The quantitative estimate of drug-likeness (QED) is 0.646. The molecule has 1 aliphatic heterocycles. The monoisotopic (exact) mass is 399 g/mol. The van der Waals surface area contributed by atoms with Crippen LogP contribution in [0.5, 0.6) is 0 Å². The summed E-state index contributed by atoms with van der Waals surface area (Å²) in [6, 6.07) is 6.47. The minimum atomic E-state index is -0.395. The van der Waals surface area contributed by atoms with Gasteiger partial charge in [-0.25, -0.2) is 14.8 Å². The predicted molar refractivity (Wildman–Crippen MR) is 108 cm³/mol. The van der Waals surface area contributed by atoms with Crippen molar-refractivity contribution < 1.29 is 19.1 Å². The molecular weight excluding hydrogens is 374 g/mol. The number of rotatable bonds is 8. The lowest BCUT2D eigenvalue weighted by atomic mass is 10.2. The number of nitrogens with zero attached hydrogens (tertiary/aromatic N) is 3. The standard InChI is InChI=1S/C20H25N5O4/c1-2-29-20(27)15-3-5-16(6-4-15)24-19(26)17-13-23-18(14-22-17)21-7-8-25-9-11-28-12-10-25/h3-6,13-14H,2,7-12H2,1H3,(H,21,23)(H,24,26). The maximum Gasteiger partial charge on any atom is 0.338 e. The van der Waals surface area contributed by atoms with Crippen LogP contribution >= 0.6 is 0 Å². The number of benzene rings is 1. The van der Waals surface area contributed by atoms with E-state index in [2.05, 4.69) is 25.5 Å². The molecule has 29 heavy (non-hydrogen) atoms. The highest BCUT2D eigenvalue weighted by Crippen LogP contribution is 2.12. The normalized spacial score (nSPS) is 14.2.